The zero-order valence-electron chi connectivity index (χ0n) is 10.2. The highest BCUT2D eigenvalue weighted by Gasteiger charge is 2.28. The number of carbonyl (C=O) groups is 2. The Bertz CT molecular complexity index is 443. The molecule has 18 heavy (non-hydrogen) atoms. The zero-order chi connectivity index (χ0) is 13.8. The average molecular weight is 315 g/mol. The molecule has 0 radical (unpaired) electrons. The normalized spacial score (nSPS) is 10.8. The minimum absolute atomic E-state index is 0.342. The number of nitrogens with one attached hydrogen (secondary N) is 2. The van der Waals surface area contributed by atoms with Crippen LogP contribution in [0.15, 0.2) is 28.7 Å². The molecule has 5 nitrogen and oxygen atoms in total. The second-order valence-electron chi connectivity index (χ2n) is 4.36. The molecule has 2 amide bonds. The number of urea groups is 1. The van der Waals surface area contributed by atoms with Gasteiger partial charge in [-0.25, -0.2) is 9.59 Å². The second-order valence-corrected chi connectivity index (χ2v) is 5.28. The molecule has 0 heterocycles. The molecule has 0 fully saturated rings. The first-order valence-electron chi connectivity index (χ1n) is 5.35. The Balaban J connectivity index is 2.47. The summed E-state index contributed by atoms with van der Waals surface area (Å²) in [6, 6.07) is 6.97. The van der Waals surface area contributed by atoms with Crippen molar-refractivity contribution in [3.8, 4) is 0 Å². The molecule has 0 aliphatic heterocycles. The van der Waals surface area contributed by atoms with Crippen LogP contribution in [0.2, 0.25) is 0 Å². The van der Waals surface area contributed by atoms with Crippen LogP contribution in [-0.2, 0) is 11.3 Å². The topological polar surface area (TPSA) is 78.4 Å². The second kappa shape index (κ2) is 5.86. The summed E-state index contributed by atoms with van der Waals surface area (Å²) in [4.78, 5) is 22.3. The first kappa shape index (κ1) is 14.5. The van der Waals surface area contributed by atoms with E-state index in [2.05, 4.69) is 26.6 Å². The Hall–Kier alpha value is -1.56. The SMILES string of the molecule is CC(C)(NC(=O)NCc1ccc(Br)cc1)C(=O)O. The van der Waals surface area contributed by atoms with Gasteiger partial charge in [-0.05, 0) is 31.5 Å². The number of carbonyl (C=O) groups excluding carboxylic acids is 1. The van der Waals surface area contributed by atoms with Gasteiger partial charge in [-0.1, -0.05) is 28.1 Å². The summed E-state index contributed by atoms with van der Waals surface area (Å²) in [5.74, 6) is -1.08. The number of hydrogen-bond donors (Lipinski definition) is 3. The Morgan fingerprint density at radius 3 is 2.33 bits per heavy atom. The highest BCUT2D eigenvalue weighted by Crippen LogP contribution is 2.10. The van der Waals surface area contributed by atoms with Crippen molar-refractivity contribution in [3.05, 3.63) is 34.3 Å². The van der Waals surface area contributed by atoms with Crippen LogP contribution < -0.4 is 10.6 Å². The molecule has 0 saturated carbocycles. The zero-order valence-corrected chi connectivity index (χ0v) is 11.7. The lowest BCUT2D eigenvalue weighted by Gasteiger charge is -2.21. The molecule has 6 heteroatoms. The molecule has 0 atom stereocenters. The van der Waals surface area contributed by atoms with Crippen LogP contribution in [0.4, 0.5) is 4.79 Å². The van der Waals surface area contributed by atoms with Crippen LogP contribution in [0.1, 0.15) is 19.4 Å². The van der Waals surface area contributed by atoms with Gasteiger partial charge in [-0.3, -0.25) is 0 Å². The summed E-state index contributed by atoms with van der Waals surface area (Å²) in [6.45, 7) is 3.19. The van der Waals surface area contributed by atoms with E-state index in [1.807, 2.05) is 24.3 Å². The fourth-order valence-electron chi connectivity index (χ4n) is 1.17. The molecule has 1 rings (SSSR count). The number of carboxylic acids is 1. The number of rotatable bonds is 4. The maximum Gasteiger partial charge on any atom is 0.328 e. The third-order valence-electron chi connectivity index (χ3n) is 2.33. The largest absolute Gasteiger partial charge is 0.480 e. The molecule has 0 unspecified atom stereocenters. The number of halogens is 1. The standard InChI is InChI=1S/C12H15BrN2O3/c1-12(2,10(16)17)15-11(18)14-7-8-3-5-9(13)6-4-8/h3-6H,7H2,1-2H3,(H,16,17)(H2,14,15,18). The van der Waals surface area contributed by atoms with Gasteiger partial charge in [0.25, 0.3) is 0 Å². The fraction of sp³-hybridized carbons (Fsp3) is 0.333. The molecular weight excluding hydrogens is 300 g/mol. The molecule has 3 N–H and O–H groups in total. The van der Waals surface area contributed by atoms with Crippen LogP contribution in [0.5, 0.6) is 0 Å². The van der Waals surface area contributed by atoms with E-state index in [4.69, 9.17) is 5.11 Å². The molecular formula is C12H15BrN2O3. The molecule has 0 bridgehead atoms. The smallest absolute Gasteiger partial charge is 0.328 e. The maximum absolute atomic E-state index is 11.5. The van der Waals surface area contributed by atoms with Crippen molar-refractivity contribution in [2.45, 2.75) is 25.9 Å². The first-order chi connectivity index (χ1) is 8.31. The van der Waals surface area contributed by atoms with Crippen LogP contribution in [0.25, 0.3) is 0 Å². The number of amides is 2. The van der Waals surface area contributed by atoms with Crippen LogP contribution in [0.3, 0.4) is 0 Å². The lowest BCUT2D eigenvalue weighted by atomic mass is 10.1. The van der Waals surface area contributed by atoms with Crippen LogP contribution in [-0.4, -0.2) is 22.6 Å². The van der Waals surface area contributed by atoms with E-state index in [9.17, 15) is 9.59 Å². The van der Waals surface area contributed by atoms with Crippen molar-refractivity contribution in [2.75, 3.05) is 0 Å². The van der Waals surface area contributed by atoms with Crippen LogP contribution >= 0.6 is 15.9 Å². The third-order valence-corrected chi connectivity index (χ3v) is 2.86. The average Bonchev–Trinajstić information content (AvgIpc) is 2.27. The fourth-order valence-corrected chi connectivity index (χ4v) is 1.43. The minimum Gasteiger partial charge on any atom is -0.480 e. The molecule has 0 aliphatic rings. The summed E-state index contributed by atoms with van der Waals surface area (Å²) in [6.07, 6.45) is 0. The highest BCUT2D eigenvalue weighted by atomic mass is 79.9. The number of hydrogen-bond acceptors (Lipinski definition) is 2. The van der Waals surface area contributed by atoms with Crippen molar-refractivity contribution >= 4 is 27.9 Å². The van der Waals surface area contributed by atoms with E-state index >= 15 is 0 Å². The van der Waals surface area contributed by atoms with E-state index in [-0.39, 0.29) is 0 Å². The van der Waals surface area contributed by atoms with E-state index in [0.717, 1.165) is 10.0 Å². The summed E-state index contributed by atoms with van der Waals surface area (Å²) in [7, 11) is 0. The molecule has 1 aromatic carbocycles. The van der Waals surface area contributed by atoms with Gasteiger partial charge in [-0.2, -0.15) is 0 Å². The van der Waals surface area contributed by atoms with Crippen molar-refractivity contribution in [1.29, 1.82) is 0 Å². The summed E-state index contributed by atoms with van der Waals surface area (Å²) >= 11 is 3.32. The Labute approximate surface area is 114 Å². The molecule has 1 aromatic rings. The number of carboxylic acid groups (broad SMARTS) is 1. The van der Waals surface area contributed by atoms with Gasteiger partial charge in [0, 0.05) is 11.0 Å². The van der Waals surface area contributed by atoms with Gasteiger partial charge >= 0.3 is 12.0 Å². The number of aliphatic carboxylic acids is 1. The molecule has 0 aliphatic carbocycles. The maximum atomic E-state index is 11.5. The lowest BCUT2D eigenvalue weighted by molar-refractivity contribution is -0.142. The van der Waals surface area contributed by atoms with E-state index < -0.39 is 17.5 Å². The van der Waals surface area contributed by atoms with Crippen molar-refractivity contribution in [3.63, 3.8) is 0 Å². The molecule has 98 valence electrons. The molecule has 0 spiro atoms. The van der Waals surface area contributed by atoms with E-state index in [1.165, 1.54) is 13.8 Å². The summed E-state index contributed by atoms with van der Waals surface area (Å²) in [5.41, 5.74) is -0.356. The number of benzene rings is 1. The van der Waals surface area contributed by atoms with Gasteiger partial charge < -0.3 is 15.7 Å². The highest BCUT2D eigenvalue weighted by molar-refractivity contribution is 9.10. The monoisotopic (exact) mass is 314 g/mol. The Kier molecular flexibility index (Phi) is 4.72. The Morgan fingerprint density at radius 1 is 1.28 bits per heavy atom. The van der Waals surface area contributed by atoms with Gasteiger partial charge in [0.05, 0.1) is 0 Å². The van der Waals surface area contributed by atoms with Crippen molar-refractivity contribution in [1.82, 2.24) is 10.6 Å². The van der Waals surface area contributed by atoms with Gasteiger partial charge in [-0.15, -0.1) is 0 Å². The predicted octanol–water partition coefficient (Wildman–Crippen LogP) is 2.11. The van der Waals surface area contributed by atoms with Gasteiger partial charge in [0.15, 0.2) is 0 Å². The first-order valence-corrected chi connectivity index (χ1v) is 6.14. The predicted molar refractivity (Wildman–Crippen MR) is 71.2 cm³/mol. The molecule has 0 saturated heterocycles. The van der Waals surface area contributed by atoms with E-state index in [1.54, 1.807) is 0 Å². The lowest BCUT2D eigenvalue weighted by Crippen LogP contribution is -2.52. The van der Waals surface area contributed by atoms with Crippen molar-refractivity contribution < 1.29 is 14.7 Å². The minimum atomic E-state index is -1.29. The van der Waals surface area contributed by atoms with Crippen molar-refractivity contribution in [2.24, 2.45) is 0 Å². The van der Waals surface area contributed by atoms with E-state index in [0.29, 0.717) is 6.54 Å². The van der Waals surface area contributed by atoms with Crippen LogP contribution in [0, 0.1) is 0 Å². The van der Waals surface area contributed by atoms with Gasteiger partial charge in [0.1, 0.15) is 5.54 Å². The quantitative estimate of drug-likeness (QED) is 0.796. The summed E-state index contributed by atoms with van der Waals surface area (Å²) < 4.78 is 0.961. The van der Waals surface area contributed by atoms with Gasteiger partial charge in [0.2, 0.25) is 0 Å². The molecule has 0 aromatic heterocycles. The summed E-state index contributed by atoms with van der Waals surface area (Å²) in [5, 5.41) is 13.8. The third kappa shape index (κ3) is 4.37. The Morgan fingerprint density at radius 2 is 1.83 bits per heavy atom.